The highest BCUT2D eigenvalue weighted by molar-refractivity contribution is 8.01. The molecule has 1 aromatic heterocycles. The van der Waals surface area contributed by atoms with Crippen molar-refractivity contribution in [3.8, 4) is 0 Å². The molecule has 1 aromatic carbocycles. The number of nitrogens with zero attached hydrogens (tertiary/aromatic N) is 2. The van der Waals surface area contributed by atoms with Crippen LogP contribution in [0.4, 0.5) is 0 Å². The van der Waals surface area contributed by atoms with Crippen molar-refractivity contribution in [2.45, 2.75) is 17.3 Å². The van der Waals surface area contributed by atoms with Gasteiger partial charge < -0.3 is 14.2 Å². The summed E-state index contributed by atoms with van der Waals surface area (Å²) in [7, 11) is 3.77. The van der Waals surface area contributed by atoms with E-state index in [2.05, 4.69) is 6.07 Å². The van der Waals surface area contributed by atoms with Crippen molar-refractivity contribution in [3.05, 3.63) is 36.0 Å². The maximum Gasteiger partial charge on any atom is 0.256 e. The number of rotatable bonds is 2. The first kappa shape index (κ1) is 14.2. The number of ether oxygens (including phenoxy) is 1. The lowest BCUT2D eigenvalue weighted by molar-refractivity contribution is 0.0453. The third-order valence-corrected chi connectivity index (χ3v) is 6.46. The molecule has 0 unspecified atom stereocenters. The van der Waals surface area contributed by atoms with Crippen LogP contribution in [-0.4, -0.2) is 52.2 Å². The Bertz CT molecular complexity index is 733. The number of methoxy groups -OCH3 is 1. The average molecular weight is 316 g/mol. The lowest BCUT2D eigenvalue weighted by atomic mass is 9.92. The number of aryl methyl sites for hydroxylation is 1. The molecule has 1 atom stereocenters. The first-order valence-corrected chi connectivity index (χ1v) is 8.60. The van der Waals surface area contributed by atoms with E-state index in [4.69, 9.17) is 4.74 Å². The molecule has 0 bridgehead atoms. The molecule has 4 nitrogen and oxygen atoms in total. The molecule has 4 rings (SSSR count). The number of hydrogen-bond acceptors (Lipinski definition) is 3. The van der Waals surface area contributed by atoms with Gasteiger partial charge in [0.05, 0.1) is 16.4 Å². The van der Waals surface area contributed by atoms with Crippen molar-refractivity contribution in [3.63, 3.8) is 0 Å². The zero-order valence-electron chi connectivity index (χ0n) is 12.9. The van der Waals surface area contributed by atoms with Gasteiger partial charge in [0.15, 0.2) is 0 Å². The maximum atomic E-state index is 12.8. The molecule has 2 fully saturated rings. The van der Waals surface area contributed by atoms with Crippen molar-refractivity contribution in [1.29, 1.82) is 0 Å². The zero-order chi connectivity index (χ0) is 15.3. The van der Waals surface area contributed by atoms with E-state index in [1.54, 1.807) is 7.11 Å². The Morgan fingerprint density at radius 2 is 2.14 bits per heavy atom. The molecule has 5 heteroatoms. The highest BCUT2D eigenvalue weighted by Gasteiger charge is 2.51. The highest BCUT2D eigenvalue weighted by atomic mass is 32.2. The summed E-state index contributed by atoms with van der Waals surface area (Å²) in [5, 5.41) is 1.05. The number of thioether (sulfide) groups is 1. The van der Waals surface area contributed by atoms with Crippen LogP contribution in [0.15, 0.2) is 30.5 Å². The predicted molar refractivity (Wildman–Crippen MR) is 89.4 cm³/mol. The summed E-state index contributed by atoms with van der Waals surface area (Å²) in [6.45, 7) is 1.69. The van der Waals surface area contributed by atoms with Crippen LogP contribution < -0.4 is 0 Å². The van der Waals surface area contributed by atoms with E-state index in [9.17, 15) is 4.79 Å². The number of fused-ring (bicyclic) bond motifs is 1. The summed E-state index contributed by atoms with van der Waals surface area (Å²) in [6, 6.07) is 8.09. The lowest BCUT2D eigenvalue weighted by Gasteiger charge is -2.47. The quantitative estimate of drug-likeness (QED) is 0.854. The molecule has 22 heavy (non-hydrogen) atoms. The second-order valence-corrected chi connectivity index (χ2v) is 7.88. The normalized spacial score (nSPS) is 23.2. The summed E-state index contributed by atoms with van der Waals surface area (Å²) >= 11 is 1.97. The molecule has 0 radical (unpaired) electrons. The molecule has 116 valence electrons. The summed E-state index contributed by atoms with van der Waals surface area (Å²) in [6.07, 6.45) is 3.37. The smallest absolute Gasteiger partial charge is 0.256 e. The fourth-order valence-corrected chi connectivity index (χ4v) is 5.24. The van der Waals surface area contributed by atoms with Gasteiger partial charge in [-0.3, -0.25) is 4.79 Å². The molecule has 2 aliphatic heterocycles. The van der Waals surface area contributed by atoms with E-state index in [-0.39, 0.29) is 10.7 Å². The monoisotopic (exact) mass is 316 g/mol. The third-order valence-electron chi connectivity index (χ3n) is 4.88. The summed E-state index contributed by atoms with van der Waals surface area (Å²) in [5.74, 6) is 1.20. The SMILES string of the molecule is CO[C@H]1CSC2(C1)CN(C(=O)c1cn(C)c3ccccc13)C2. The maximum absolute atomic E-state index is 12.8. The number of carbonyl (C=O) groups is 1. The van der Waals surface area contributed by atoms with Crippen LogP contribution in [-0.2, 0) is 11.8 Å². The number of carbonyl (C=O) groups excluding carboxylic acids is 1. The Kier molecular flexibility index (Phi) is 3.24. The second kappa shape index (κ2) is 5.03. The van der Waals surface area contributed by atoms with E-state index in [1.165, 1.54) is 0 Å². The van der Waals surface area contributed by atoms with E-state index in [1.807, 2.05) is 52.7 Å². The fourth-order valence-electron chi connectivity index (χ4n) is 3.65. The molecule has 2 saturated heterocycles. The summed E-state index contributed by atoms with van der Waals surface area (Å²) < 4.78 is 7.72. The van der Waals surface area contributed by atoms with Gasteiger partial charge in [-0.1, -0.05) is 18.2 Å². The average Bonchev–Trinajstić information content (AvgIpc) is 3.08. The Hall–Kier alpha value is -1.46. The first-order chi connectivity index (χ1) is 10.6. The van der Waals surface area contributed by atoms with Crippen LogP contribution in [0.5, 0.6) is 0 Å². The molecule has 2 aliphatic rings. The number of aromatic nitrogens is 1. The van der Waals surface area contributed by atoms with Crippen LogP contribution in [0.25, 0.3) is 10.9 Å². The highest BCUT2D eigenvalue weighted by Crippen LogP contribution is 2.46. The van der Waals surface area contributed by atoms with Crippen LogP contribution >= 0.6 is 11.8 Å². The number of para-hydroxylation sites is 1. The Labute approximate surface area is 134 Å². The van der Waals surface area contributed by atoms with Crippen LogP contribution in [0, 0.1) is 0 Å². The second-order valence-electron chi connectivity index (χ2n) is 6.39. The van der Waals surface area contributed by atoms with Gasteiger partial charge in [-0.15, -0.1) is 11.8 Å². The van der Waals surface area contributed by atoms with E-state index in [0.29, 0.717) is 6.10 Å². The van der Waals surface area contributed by atoms with E-state index < -0.39 is 0 Å². The molecular formula is C17H20N2O2S. The molecule has 0 saturated carbocycles. The standard InChI is InChI=1S/C17H20N2O2S/c1-18-8-14(13-5-3-4-6-15(13)18)16(20)19-10-17(11-19)7-12(21-2)9-22-17/h3-6,8,12H,7,9-11H2,1-2H3/t12-/m1/s1. The van der Waals surface area contributed by atoms with Gasteiger partial charge >= 0.3 is 0 Å². The molecule has 1 amide bonds. The Morgan fingerprint density at radius 3 is 2.86 bits per heavy atom. The van der Waals surface area contributed by atoms with E-state index >= 15 is 0 Å². The van der Waals surface area contributed by atoms with Gasteiger partial charge in [0.25, 0.3) is 5.91 Å². The molecule has 2 aromatic rings. The van der Waals surface area contributed by atoms with Gasteiger partial charge in [-0.05, 0) is 12.5 Å². The zero-order valence-corrected chi connectivity index (χ0v) is 13.7. The van der Waals surface area contributed by atoms with Gasteiger partial charge in [-0.2, -0.15) is 0 Å². The number of benzene rings is 1. The lowest BCUT2D eigenvalue weighted by Crippen LogP contribution is -2.60. The fraction of sp³-hybridized carbons (Fsp3) is 0.471. The van der Waals surface area contributed by atoms with Crippen LogP contribution in [0.1, 0.15) is 16.8 Å². The van der Waals surface area contributed by atoms with Gasteiger partial charge in [0.2, 0.25) is 0 Å². The summed E-state index contributed by atoms with van der Waals surface area (Å²) in [4.78, 5) is 14.8. The topological polar surface area (TPSA) is 34.5 Å². The van der Waals surface area contributed by atoms with Crippen molar-refractivity contribution in [1.82, 2.24) is 9.47 Å². The molecule has 0 aliphatic carbocycles. The molecule has 1 spiro atoms. The molecule has 3 heterocycles. The number of likely N-dealkylation sites (tertiary alicyclic amines) is 1. The number of amides is 1. The minimum absolute atomic E-state index is 0.156. The van der Waals surface area contributed by atoms with Crippen molar-refractivity contribution in [2.75, 3.05) is 26.0 Å². The first-order valence-electron chi connectivity index (χ1n) is 7.62. The number of hydrogen-bond donors (Lipinski definition) is 0. The van der Waals surface area contributed by atoms with Gasteiger partial charge in [0.1, 0.15) is 0 Å². The van der Waals surface area contributed by atoms with Gasteiger partial charge in [-0.25, -0.2) is 0 Å². The van der Waals surface area contributed by atoms with Crippen LogP contribution in [0.3, 0.4) is 0 Å². The van der Waals surface area contributed by atoms with E-state index in [0.717, 1.165) is 41.7 Å². The van der Waals surface area contributed by atoms with Crippen LogP contribution in [0.2, 0.25) is 0 Å². The minimum Gasteiger partial charge on any atom is -0.381 e. The summed E-state index contributed by atoms with van der Waals surface area (Å²) in [5.41, 5.74) is 1.93. The largest absolute Gasteiger partial charge is 0.381 e. The Balaban J connectivity index is 1.54. The van der Waals surface area contributed by atoms with Crippen molar-refractivity contribution in [2.24, 2.45) is 7.05 Å². The van der Waals surface area contributed by atoms with Gasteiger partial charge in [0, 0.05) is 50.1 Å². The Morgan fingerprint density at radius 1 is 1.36 bits per heavy atom. The molecule has 0 N–H and O–H groups in total. The van der Waals surface area contributed by atoms with Crippen molar-refractivity contribution >= 4 is 28.6 Å². The third kappa shape index (κ3) is 2.07. The minimum atomic E-state index is 0.156. The van der Waals surface area contributed by atoms with Crippen molar-refractivity contribution < 1.29 is 9.53 Å². The molecular weight excluding hydrogens is 296 g/mol. The predicted octanol–water partition coefficient (Wildman–Crippen LogP) is 2.52.